The Labute approximate surface area is 153 Å². The number of carbonyl (C=O) groups is 1. The molecule has 0 unspecified atom stereocenters. The lowest BCUT2D eigenvalue weighted by Crippen LogP contribution is -2.49. The van der Waals surface area contributed by atoms with E-state index in [0.29, 0.717) is 37.4 Å². The van der Waals surface area contributed by atoms with E-state index in [1.165, 1.54) is 0 Å². The van der Waals surface area contributed by atoms with Crippen LogP contribution in [0.4, 0.5) is 24.7 Å². The molecule has 9 heteroatoms. The molecule has 0 saturated carbocycles. The fourth-order valence-corrected chi connectivity index (χ4v) is 3.09. The lowest BCUT2D eigenvalue weighted by Gasteiger charge is -2.36. The van der Waals surface area contributed by atoms with Gasteiger partial charge in [0.25, 0.3) is 5.91 Å². The first kappa shape index (κ1) is 18.3. The quantitative estimate of drug-likeness (QED) is 0.807. The van der Waals surface area contributed by atoms with Gasteiger partial charge < -0.3 is 15.5 Å². The molecule has 0 spiro atoms. The largest absolute Gasteiger partial charge is 0.417 e. The smallest absolute Gasteiger partial charge is 0.398 e. The molecule has 1 aromatic heterocycles. The van der Waals surface area contributed by atoms with Gasteiger partial charge in [-0.3, -0.25) is 4.79 Å². The van der Waals surface area contributed by atoms with Crippen LogP contribution in [0.3, 0.4) is 0 Å². The predicted molar refractivity (Wildman–Crippen MR) is 93.2 cm³/mol. The van der Waals surface area contributed by atoms with Gasteiger partial charge in [0.05, 0.1) is 16.1 Å². The van der Waals surface area contributed by atoms with Crippen molar-refractivity contribution in [1.82, 2.24) is 9.88 Å². The number of benzene rings is 1. The second kappa shape index (κ2) is 7.03. The normalized spacial score (nSPS) is 15.2. The van der Waals surface area contributed by atoms with Gasteiger partial charge in [0.15, 0.2) is 0 Å². The van der Waals surface area contributed by atoms with Crippen LogP contribution in [-0.2, 0) is 6.18 Å². The lowest BCUT2D eigenvalue weighted by molar-refractivity contribution is -0.137. The number of anilines is 2. The number of aromatic nitrogens is 1. The molecular weight excluding hydrogens is 369 g/mol. The number of para-hydroxylation sites is 1. The van der Waals surface area contributed by atoms with Gasteiger partial charge in [-0.25, -0.2) is 4.98 Å². The summed E-state index contributed by atoms with van der Waals surface area (Å²) in [6.07, 6.45) is -3.72. The fraction of sp³-hybridized carbons (Fsp3) is 0.294. The minimum absolute atomic E-state index is 0.0631. The average molecular weight is 385 g/mol. The van der Waals surface area contributed by atoms with E-state index >= 15 is 0 Å². The summed E-state index contributed by atoms with van der Waals surface area (Å²) < 4.78 is 38.1. The van der Waals surface area contributed by atoms with E-state index in [9.17, 15) is 18.0 Å². The molecule has 1 aliphatic heterocycles. The highest BCUT2D eigenvalue weighted by Crippen LogP contribution is 2.33. The molecule has 1 aromatic carbocycles. The number of alkyl halides is 3. The number of hydrogen-bond donors (Lipinski definition) is 1. The van der Waals surface area contributed by atoms with E-state index in [1.807, 2.05) is 0 Å². The number of rotatable bonds is 2. The maximum atomic E-state index is 12.7. The molecule has 0 atom stereocenters. The Balaban J connectivity index is 1.69. The van der Waals surface area contributed by atoms with Gasteiger partial charge in [-0.1, -0.05) is 23.7 Å². The van der Waals surface area contributed by atoms with Crippen LogP contribution in [0.1, 0.15) is 15.9 Å². The number of nitrogen functional groups attached to an aromatic ring is 1. The molecule has 2 N–H and O–H groups in total. The van der Waals surface area contributed by atoms with Crippen molar-refractivity contribution in [2.24, 2.45) is 0 Å². The van der Waals surface area contributed by atoms with E-state index in [4.69, 9.17) is 17.3 Å². The van der Waals surface area contributed by atoms with Crippen LogP contribution in [0.2, 0.25) is 5.02 Å². The van der Waals surface area contributed by atoms with Crippen LogP contribution < -0.4 is 10.6 Å². The maximum absolute atomic E-state index is 12.7. The second-order valence-electron chi connectivity index (χ2n) is 5.89. The van der Waals surface area contributed by atoms with Gasteiger partial charge >= 0.3 is 6.18 Å². The number of nitrogens with two attached hydrogens (primary N) is 1. The zero-order valence-electron chi connectivity index (χ0n) is 13.6. The molecule has 2 aromatic rings. The van der Waals surface area contributed by atoms with Crippen molar-refractivity contribution in [3.05, 3.63) is 52.7 Å². The third-order valence-electron chi connectivity index (χ3n) is 4.21. The molecule has 5 nitrogen and oxygen atoms in total. The third kappa shape index (κ3) is 3.70. The van der Waals surface area contributed by atoms with Gasteiger partial charge in [0.2, 0.25) is 0 Å². The Morgan fingerprint density at radius 2 is 1.81 bits per heavy atom. The summed E-state index contributed by atoms with van der Waals surface area (Å²) in [4.78, 5) is 19.8. The van der Waals surface area contributed by atoms with Crippen molar-refractivity contribution >= 4 is 29.0 Å². The number of nitrogens with zero attached hydrogens (tertiary/aromatic N) is 3. The number of halogens is 4. The highest BCUT2D eigenvalue weighted by Gasteiger charge is 2.32. The summed E-state index contributed by atoms with van der Waals surface area (Å²) in [6.45, 7) is 1.62. The van der Waals surface area contributed by atoms with Crippen LogP contribution in [0.5, 0.6) is 0 Å². The summed E-state index contributed by atoms with van der Waals surface area (Å²) in [7, 11) is 0. The van der Waals surface area contributed by atoms with E-state index in [-0.39, 0.29) is 16.7 Å². The molecule has 0 radical (unpaired) electrons. The van der Waals surface area contributed by atoms with E-state index < -0.39 is 11.7 Å². The van der Waals surface area contributed by atoms with Crippen molar-refractivity contribution in [2.75, 3.05) is 36.8 Å². The molecule has 0 bridgehead atoms. The van der Waals surface area contributed by atoms with Crippen LogP contribution in [-0.4, -0.2) is 42.0 Å². The number of piperazine rings is 1. The summed E-state index contributed by atoms with van der Waals surface area (Å²) in [5.41, 5.74) is 5.80. The first-order valence-corrected chi connectivity index (χ1v) is 8.26. The second-order valence-corrected chi connectivity index (χ2v) is 6.30. The van der Waals surface area contributed by atoms with Gasteiger partial charge in [0, 0.05) is 38.1 Å². The Hall–Kier alpha value is -2.48. The van der Waals surface area contributed by atoms with Crippen LogP contribution in [0.25, 0.3) is 0 Å². The molecule has 1 saturated heterocycles. The maximum Gasteiger partial charge on any atom is 0.417 e. The van der Waals surface area contributed by atoms with Gasteiger partial charge in [0.1, 0.15) is 5.82 Å². The topological polar surface area (TPSA) is 62.5 Å². The molecule has 1 amide bonds. The van der Waals surface area contributed by atoms with E-state index in [1.54, 1.807) is 34.1 Å². The molecule has 1 aliphatic rings. The van der Waals surface area contributed by atoms with Crippen LogP contribution in [0, 0.1) is 0 Å². The summed E-state index contributed by atoms with van der Waals surface area (Å²) in [6, 6.07) is 7.69. The van der Waals surface area contributed by atoms with Crippen molar-refractivity contribution in [3.8, 4) is 0 Å². The third-order valence-corrected chi connectivity index (χ3v) is 4.48. The Kier molecular flexibility index (Phi) is 4.95. The molecule has 26 heavy (non-hydrogen) atoms. The highest BCUT2D eigenvalue weighted by molar-refractivity contribution is 6.33. The van der Waals surface area contributed by atoms with Crippen LogP contribution in [0.15, 0.2) is 36.5 Å². The van der Waals surface area contributed by atoms with Crippen molar-refractivity contribution in [2.45, 2.75) is 6.18 Å². The monoisotopic (exact) mass is 384 g/mol. The molecular formula is C17H16ClF3N4O. The molecule has 0 aliphatic carbocycles. The first-order valence-electron chi connectivity index (χ1n) is 7.89. The molecule has 138 valence electrons. The van der Waals surface area contributed by atoms with Gasteiger partial charge in [-0.2, -0.15) is 13.2 Å². The predicted octanol–water partition coefficient (Wildman–Crippen LogP) is 3.30. The first-order chi connectivity index (χ1) is 12.3. The SMILES string of the molecule is Nc1ccccc1C(=O)N1CCN(c2ncc(C(F)(F)F)cc2Cl)CC1. The number of amides is 1. The lowest BCUT2D eigenvalue weighted by atomic mass is 10.1. The molecule has 1 fully saturated rings. The standard InChI is InChI=1S/C17H16ClF3N4O/c18-13-9-11(17(19,20)21)10-23-15(13)24-5-7-25(8-6-24)16(26)12-3-1-2-4-14(12)22/h1-4,9-10H,5-8,22H2. The van der Waals surface area contributed by atoms with Crippen molar-refractivity contribution in [1.29, 1.82) is 0 Å². The van der Waals surface area contributed by atoms with Gasteiger partial charge in [-0.15, -0.1) is 0 Å². The Morgan fingerprint density at radius 3 is 2.38 bits per heavy atom. The van der Waals surface area contributed by atoms with Gasteiger partial charge in [-0.05, 0) is 18.2 Å². The Morgan fingerprint density at radius 1 is 1.15 bits per heavy atom. The minimum atomic E-state index is -4.49. The van der Waals surface area contributed by atoms with E-state index in [2.05, 4.69) is 4.98 Å². The average Bonchev–Trinajstić information content (AvgIpc) is 2.61. The molecule has 2 heterocycles. The Bertz CT molecular complexity index is 820. The summed E-state index contributed by atoms with van der Waals surface area (Å²) >= 11 is 5.98. The fourth-order valence-electron chi connectivity index (χ4n) is 2.80. The highest BCUT2D eigenvalue weighted by atomic mass is 35.5. The molecule has 3 rings (SSSR count). The zero-order chi connectivity index (χ0) is 18.9. The zero-order valence-corrected chi connectivity index (χ0v) is 14.4. The summed E-state index contributed by atoms with van der Waals surface area (Å²) in [5, 5.41) is -0.0631. The van der Waals surface area contributed by atoms with E-state index in [0.717, 1.165) is 12.3 Å². The van der Waals surface area contributed by atoms with Crippen molar-refractivity contribution < 1.29 is 18.0 Å². The number of pyridine rings is 1. The number of carbonyl (C=O) groups excluding carboxylic acids is 1. The summed E-state index contributed by atoms with van der Waals surface area (Å²) in [5.74, 6) is 0.111. The number of hydrogen-bond acceptors (Lipinski definition) is 4. The van der Waals surface area contributed by atoms with Crippen LogP contribution >= 0.6 is 11.6 Å². The minimum Gasteiger partial charge on any atom is -0.398 e. The van der Waals surface area contributed by atoms with Crippen molar-refractivity contribution in [3.63, 3.8) is 0 Å².